The van der Waals surface area contributed by atoms with Gasteiger partial charge < -0.3 is 10.1 Å². The van der Waals surface area contributed by atoms with Crippen molar-refractivity contribution in [2.45, 2.75) is 45.4 Å². The summed E-state index contributed by atoms with van der Waals surface area (Å²) in [5.74, 6) is 0.924. The summed E-state index contributed by atoms with van der Waals surface area (Å²) < 4.78 is 6.25. The predicted octanol–water partition coefficient (Wildman–Crippen LogP) is 4.13. The fourth-order valence-electron chi connectivity index (χ4n) is 3.77. The lowest BCUT2D eigenvalue weighted by Crippen LogP contribution is -2.06. The largest absolute Gasteiger partial charge is 0.385 e. The Balaban J connectivity index is 1.81. The molecule has 4 rings (SSSR count). The molecule has 6 heteroatoms. The molecule has 132 valence electrons. The van der Waals surface area contributed by atoms with E-state index in [0.717, 1.165) is 66.1 Å². The van der Waals surface area contributed by atoms with Crippen LogP contribution in [0.15, 0.2) is 6.33 Å². The number of aryl methyl sites for hydroxylation is 2. The number of thiophene rings is 1. The van der Waals surface area contributed by atoms with Crippen LogP contribution in [0.3, 0.4) is 0 Å². The van der Waals surface area contributed by atoms with Gasteiger partial charge in [-0.05, 0) is 43.2 Å². The molecule has 0 saturated heterocycles. The van der Waals surface area contributed by atoms with Gasteiger partial charge in [0.1, 0.15) is 17.0 Å². The fraction of sp³-hybridized carbons (Fsp3) is 0.526. The first-order valence-corrected chi connectivity index (χ1v) is 9.95. The molecule has 0 atom stereocenters. The highest BCUT2D eigenvalue weighted by Crippen LogP contribution is 2.41. The van der Waals surface area contributed by atoms with Crippen LogP contribution < -0.4 is 5.32 Å². The van der Waals surface area contributed by atoms with Crippen LogP contribution in [0.1, 0.15) is 43.0 Å². The highest BCUT2D eigenvalue weighted by atomic mass is 32.1. The molecule has 1 aliphatic carbocycles. The zero-order valence-corrected chi connectivity index (χ0v) is 15.7. The van der Waals surface area contributed by atoms with Crippen LogP contribution >= 0.6 is 11.3 Å². The standard InChI is InChI=1S/C19H24N4OS/c1-3-6-14-12-7-4-8-13(12)15-16-17(25-19(15)23-14)18(22-11-21-16)20-9-5-10-24-2/h11H,3-10H2,1-2H3,(H,20,21,22). The Morgan fingerprint density at radius 2 is 2.12 bits per heavy atom. The van der Waals surface area contributed by atoms with E-state index in [-0.39, 0.29) is 0 Å². The number of fused-ring (bicyclic) bond motifs is 5. The fourth-order valence-corrected chi connectivity index (χ4v) is 4.91. The number of aromatic nitrogens is 3. The van der Waals surface area contributed by atoms with E-state index in [2.05, 4.69) is 22.2 Å². The summed E-state index contributed by atoms with van der Waals surface area (Å²) in [6, 6.07) is 0. The number of nitrogens with one attached hydrogen (secondary N) is 1. The summed E-state index contributed by atoms with van der Waals surface area (Å²) in [4.78, 5) is 15.2. The van der Waals surface area contributed by atoms with Crippen molar-refractivity contribution in [2.75, 3.05) is 25.6 Å². The third-order valence-electron chi connectivity index (χ3n) is 4.86. The smallest absolute Gasteiger partial charge is 0.147 e. The maximum absolute atomic E-state index is 5.12. The molecular formula is C19H24N4OS. The molecule has 0 unspecified atom stereocenters. The van der Waals surface area contributed by atoms with Gasteiger partial charge in [0.05, 0.1) is 10.2 Å². The van der Waals surface area contributed by atoms with Gasteiger partial charge in [-0.15, -0.1) is 11.3 Å². The number of ether oxygens (including phenoxy) is 1. The molecule has 0 spiro atoms. The van der Waals surface area contributed by atoms with Crippen LogP contribution in [-0.2, 0) is 24.0 Å². The molecule has 0 aromatic carbocycles. The molecule has 3 aromatic heterocycles. The van der Waals surface area contributed by atoms with Crippen molar-refractivity contribution in [3.63, 3.8) is 0 Å². The minimum absolute atomic E-state index is 0.753. The topological polar surface area (TPSA) is 59.9 Å². The Hall–Kier alpha value is -1.79. The van der Waals surface area contributed by atoms with Crippen molar-refractivity contribution < 1.29 is 4.74 Å². The van der Waals surface area contributed by atoms with Crippen molar-refractivity contribution in [1.29, 1.82) is 0 Å². The minimum Gasteiger partial charge on any atom is -0.385 e. The van der Waals surface area contributed by atoms with Crippen molar-refractivity contribution >= 4 is 37.6 Å². The van der Waals surface area contributed by atoms with Crippen molar-refractivity contribution in [3.8, 4) is 0 Å². The Labute approximate surface area is 151 Å². The average molecular weight is 356 g/mol. The molecule has 0 saturated carbocycles. The third-order valence-corrected chi connectivity index (χ3v) is 5.94. The first kappa shape index (κ1) is 16.7. The van der Waals surface area contributed by atoms with Crippen LogP contribution in [0.2, 0.25) is 0 Å². The molecule has 1 N–H and O–H groups in total. The number of methoxy groups -OCH3 is 1. The molecule has 5 nitrogen and oxygen atoms in total. The molecule has 0 radical (unpaired) electrons. The predicted molar refractivity (Wildman–Crippen MR) is 104 cm³/mol. The van der Waals surface area contributed by atoms with E-state index < -0.39 is 0 Å². The lowest BCUT2D eigenvalue weighted by Gasteiger charge is -2.08. The van der Waals surface area contributed by atoms with Crippen molar-refractivity contribution in [1.82, 2.24) is 15.0 Å². The number of pyridine rings is 1. The quantitative estimate of drug-likeness (QED) is 0.645. The number of nitrogens with zero attached hydrogens (tertiary/aromatic N) is 3. The van der Waals surface area contributed by atoms with E-state index in [1.807, 2.05) is 0 Å². The monoisotopic (exact) mass is 356 g/mol. The van der Waals surface area contributed by atoms with Crippen LogP contribution in [0, 0.1) is 0 Å². The molecule has 1 aliphatic rings. The van der Waals surface area contributed by atoms with Gasteiger partial charge in [0.25, 0.3) is 0 Å². The van der Waals surface area contributed by atoms with Gasteiger partial charge in [-0.3, -0.25) is 0 Å². The van der Waals surface area contributed by atoms with Gasteiger partial charge >= 0.3 is 0 Å². The molecular weight excluding hydrogens is 332 g/mol. The minimum atomic E-state index is 0.753. The summed E-state index contributed by atoms with van der Waals surface area (Å²) in [7, 11) is 1.73. The Kier molecular flexibility index (Phi) is 4.81. The van der Waals surface area contributed by atoms with Gasteiger partial charge in [0.15, 0.2) is 0 Å². The van der Waals surface area contributed by atoms with Gasteiger partial charge in [0, 0.05) is 31.3 Å². The van der Waals surface area contributed by atoms with Gasteiger partial charge in [-0.2, -0.15) is 0 Å². The van der Waals surface area contributed by atoms with Crippen LogP contribution in [0.25, 0.3) is 20.4 Å². The van der Waals surface area contributed by atoms with E-state index in [1.165, 1.54) is 28.6 Å². The van der Waals surface area contributed by atoms with E-state index >= 15 is 0 Å². The summed E-state index contributed by atoms with van der Waals surface area (Å²) in [5, 5.41) is 4.72. The van der Waals surface area contributed by atoms with Crippen LogP contribution in [0.4, 0.5) is 5.82 Å². The molecule has 0 aliphatic heterocycles. The summed E-state index contributed by atoms with van der Waals surface area (Å²) >= 11 is 1.73. The molecule has 0 amide bonds. The number of anilines is 1. The van der Waals surface area contributed by atoms with Gasteiger partial charge in [-0.1, -0.05) is 13.3 Å². The zero-order chi connectivity index (χ0) is 17.2. The Morgan fingerprint density at radius 1 is 1.24 bits per heavy atom. The van der Waals surface area contributed by atoms with Crippen molar-refractivity contribution in [3.05, 3.63) is 23.1 Å². The maximum Gasteiger partial charge on any atom is 0.147 e. The van der Waals surface area contributed by atoms with Crippen LogP contribution in [-0.4, -0.2) is 35.2 Å². The summed E-state index contributed by atoms with van der Waals surface area (Å²) in [6.45, 7) is 3.83. The second-order valence-electron chi connectivity index (χ2n) is 6.57. The molecule has 0 bridgehead atoms. The molecule has 25 heavy (non-hydrogen) atoms. The molecule has 0 fully saturated rings. The maximum atomic E-state index is 5.12. The first-order valence-electron chi connectivity index (χ1n) is 9.14. The number of hydrogen-bond acceptors (Lipinski definition) is 6. The highest BCUT2D eigenvalue weighted by molar-refractivity contribution is 7.26. The highest BCUT2D eigenvalue weighted by Gasteiger charge is 2.23. The Morgan fingerprint density at radius 3 is 2.96 bits per heavy atom. The van der Waals surface area contributed by atoms with Crippen molar-refractivity contribution in [2.24, 2.45) is 0 Å². The SMILES string of the molecule is CCCc1nc2sc3c(NCCCOC)ncnc3c2c2c1CCC2. The van der Waals surface area contributed by atoms with Gasteiger partial charge in [0.2, 0.25) is 0 Å². The molecule has 3 heterocycles. The second kappa shape index (κ2) is 7.22. The molecule has 3 aromatic rings. The summed E-state index contributed by atoms with van der Waals surface area (Å²) in [5.41, 5.74) is 5.35. The van der Waals surface area contributed by atoms with E-state index in [0.29, 0.717) is 0 Å². The van der Waals surface area contributed by atoms with Gasteiger partial charge in [-0.25, -0.2) is 15.0 Å². The van der Waals surface area contributed by atoms with E-state index in [9.17, 15) is 0 Å². The Bertz CT molecular complexity index is 905. The normalized spacial score (nSPS) is 13.7. The zero-order valence-electron chi connectivity index (χ0n) is 14.9. The number of hydrogen-bond donors (Lipinski definition) is 1. The average Bonchev–Trinajstić information content (AvgIpc) is 3.23. The third kappa shape index (κ3) is 2.98. The lowest BCUT2D eigenvalue weighted by atomic mass is 10.0. The van der Waals surface area contributed by atoms with E-state index in [1.54, 1.807) is 24.8 Å². The van der Waals surface area contributed by atoms with E-state index in [4.69, 9.17) is 9.72 Å². The van der Waals surface area contributed by atoms with Crippen LogP contribution in [0.5, 0.6) is 0 Å². The lowest BCUT2D eigenvalue weighted by molar-refractivity contribution is 0.198. The first-order chi connectivity index (χ1) is 12.3. The summed E-state index contributed by atoms with van der Waals surface area (Å²) in [6.07, 6.45) is 8.39. The second-order valence-corrected chi connectivity index (χ2v) is 7.57. The number of rotatable bonds is 7.